The smallest absolute Gasteiger partial charge is 0.433 e. The minimum atomic E-state index is -4.46. The molecule has 0 N–H and O–H groups in total. The summed E-state index contributed by atoms with van der Waals surface area (Å²) in [5.74, 6) is 0.326. The molecule has 88 valence electrons. The van der Waals surface area contributed by atoms with Crippen LogP contribution in [-0.2, 0) is 6.18 Å². The average Bonchev–Trinajstić information content (AvgIpc) is 3.00. The number of alkyl halides is 3. The third kappa shape index (κ3) is 2.37. The molecule has 1 saturated carbocycles. The fourth-order valence-corrected chi connectivity index (χ4v) is 1.19. The number of ether oxygens (including phenoxy) is 2. The lowest BCUT2D eigenvalue weighted by Gasteiger charge is -2.12. The zero-order valence-electron chi connectivity index (χ0n) is 8.54. The Morgan fingerprint density at radius 3 is 2.50 bits per heavy atom. The quantitative estimate of drug-likeness (QED) is 0.804. The molecule has 1 aliphatic rings. The second-order valence-electron chi connectivity index (χ2n) is 3.54. The van der Waals surface area contributed by atoms with Crippen LogP contribution in [0.3, 0.4) is 0 Å². The van der Waals surface area contributed by atoms with Gasteiger partial charge in [0, 0.05) is 6.07 Å². The van der Waals surface area contributed by atoms with Gasteiger partial charge < -0.3 is 9.47 Å². The summed E-state index contributed by atoms with van der Waals surface area (Å²) in [4.78, 5) is 3.28. The summed E-state index contributed by atoms with van der Waals surface area (Å²) in [5.41, 5.74) is -0.969. The van der Waals surface area contributed by atoms with Gasteiger partial charge in [-0.1, -0.05) is 0 Å². The van der Waals surface area contributed by atoms with Crippen molar-refractivity contribution in [1.82, 2.24) is 4.98 Å². The van der Waals surface area contributed by atoms with Gasteiger partial charge in [-0.25, -0.2) is 4.98 Å². The highest BCUT2D eigenvalue weighted by atomic mass is 19.4. The van der Waals surface area contributed by atoms with Gasteiger partial charge in [0.15, 0.2) is 11.5 Å². The van der Waals surface area contributed by atoms with Crippen LogP contribution < -0.4 is 9.47 Å². The normalized spacial score (nSPS) is 16.0. The molecule has 0 spiro atoms. The minimum absolute atomic E-state index is 0.0115. The Bertz CT molecular complexity index is 388. The molecule has 0 aromatic carbocycles. The molecule has 0 aliphatic heterocycles. The number of pyridine rings is 1. The van der Waals surface area contributed by atoms with E-state index in [0.717, 1.165) is 25.1 Å². The lowest BCUT2D eigenvalue weighted by Crippen LogP contribution is -2.09. The third-order valence-electron chi connectivity index (χ3n) is 2.16. The van der Waals surface area contributed by atoms with E-state index in [9.17, 15) is 13.2 Å². The minimum Gasteiger partial charge on any atom is -0.491 e. The Kier molecular flexibility index (Phi) is 2.65. The van der Waals surface area contributed by atoms with E-state index >= 15 is 0 Å². The second kappa shape index (κ2) is 3.84. The lowest BCUT2D eigenvalue weighted by molar-refractivity contribution is -0.141. The highest BCUT2D eigenvalue weighted by molar-refractivity contribution is 5.40. The van der Waals surface area contributed by atoms with Crippen molar-refractivity contribution in [3.8, 4) is 11.5 Å². The summed E-state index contributed by atoms with van der Waals surface area (Å²) in [5, 5.41) is 0. The number of halogens is 3. The van der Waals surface area contributed by atoms with Crippen LogP contribution in [0.25, 0.3) is 0 Å². The van der Waals surface area contributed by atoms with Crippen LogP contribution in [0, 0.1) is 0 Å². The van der Waals surface area contributed by atoms with E-state index in [1.54, 1.807) is 0 Å². The maximum Gasteiger partial charge on any atom is 0.433 e. The first-order valence-corrected chi connectivity index (χ1v) is 4.78. The molecule has 0 bridgehead atoms. The zero-order valence-corrected chi connectivity index (χ0v) is 8.54. The molecule has 0 radical (unpaired) electrons. The van der Waals surface area contributed by atoms with E-state index in [-0.39, 0.29) is 17.6 Å². The molecule has 1 aliphatic carbocycles. The second-order valence-corrected chi connectivity index (χ2v) is 3.54. The van der Waals surface area contributed by atoms with Crippen molar-refractivity contribution in [3.63, 3.8) is 0 Å². The summed E-state index contributed by atoms with van der Waals surface area (Å²) in [6.45, 7) is 0. The Labute approximate surface area is 90.2 Å². The van der Waals surface area contributed by atoms with E-state index in [2.05, 4.69) is 4.98 Å². The molecule has 0 unspecified atom stereocenters. The van der Waals surface area contributed by atoms with Gasteiger partial charge in [0.2, 0.25) is 0 Å². The van der Waals surface area contributed by atoms with Crippen LogP contribution in [0.4, 0.5) is 13.2 Å². The van der Waals surface area contributed by atoms with Crippen molar-refractivity contribution in [1.29, 1.82) is 0 Å². The standard InChI is InChI=1S/C10H10F3NO2/c1-15-8-5-14-9(10(11,12)13)4-7(8)16-6-2-3-6/h4-6H,2-3H2,1H3. The largest absolute Gasteiger partial charge is 0.491 e. The summed E-state index contributed by atoms with van der Waals surface area (Å²) in [6.07, 6.45) is -1.69. The number of nitrogens with zero attached hydrogens (tertiary/aromatic N) is 1. The highest BCUT2D eigenvalue weighted by Crippen LogP contribution is 2.37. The molecule has 3 nitrogen and oxygen atoms in total. The van der Waals surface area contributed by atoms with Gasteiger partial charge in [-0.15, -0.1) is 0 Å². The Morgan fingerprint density at radius 2 is 2.00 bits per heavy atom. The van der Waals surface area contributed by atoms with E-state index in [4.69, 9.17) is 9.47 Å². The van der Waals surface area contributed by atoms with Crippen LogP contribution in [0.1, 0.15) is 18.5 Å². The molecule has 1 aromatic rings. The molecule has 0 amide bonds. The maximum absolute atomic E-state index is 12.4. The van der Waals surface area contributed by atoms with E-state index in [0.29, 0.717) is 0 Å². The number of hydrogen-bond donors (Lipinski definition) is 0. The van der Waals surface area contributed by atoms with Gasteiger partial charge in [-0.05, 0) is 12.8 Å². The molecule has 2 rings (SSSR count). The molecule has 6 heteroatoms. The van der Waals surface area contributed by atoms with Crippen molar-refractivity contribution in [2.45, 2.75) is 25.1 Å². The van der Waals surface area contributed by atoms with Gasteiger partial charge in [0.25, 0.3) is 0 Å². The summed E-state index contributed by atoms with van der Waals surface area (Å²) in [7, 11) is 1.37. The van der Waals surface area contributed by atoms with Crippen LogP contribution in [0.2, 0.25) is 0 Å². The van der Waals surface area contributed by atoms with Crippen LogP contribution in [-0.4, -0.2) is 18.2 Å². The van der Waals surface area contributed by atoms with Gasteiger partial charge >= 0.3 is 6.18 Å². The first-order chi connectivity index (χ1) is 7.50. The summed E-state index contributed by atoms with van der Waals surface area (Å²) >= 11 is 0. The predicted molar refractivity (Wildman–Crippen MR) is 49.4 cm³/mol. The lowest BCUT2D eigenvalue weighted by atomic mass is 10.3. The molecule has 1 aromatic heterocycles. The Morgan fingerprint density at radius 1 is 1.31 bits per heavy atom. The van der Waals surface area contributed by atoms with Crippen molar-refractivity contribution in [2.24, 2.45) is 0 Å². The first kappa shape index (κ1) is 11.0. The molecule has 0 saturated heterocycles. The van der Waals surface area contributed by atoms with Crippen molar-refractivity contribution < 1.29 is 22.6 Å². The van der Waals surface area contributed by atoms with E-state index in [1.807, 2.05) is 0 Å². The number of hydrogen-bond acceptors (Lipinski definition) is 3. The first-order valence-electron chi connectivity index (χ1n) is 4.78. The zero-order chi connectivity index (χ0) is 11.8. The third-order valence-corrected chi connectivity index (χ3v) is 2.16. The Balaban J connectivity index is 2.29. The van der Waals surface area contributed by atoms with Crippen LogP contribution >= 0.6 is 0 Å². The SMILES string of the molecule is COc1cnc(C(F)(F)F)cc1OC1CC1. The maximum atomic E-state index is 12.4. The molecule has 16 heavy (non-hydrogen) atoms. The topological polar surface area (TPSA) is 31.4 Å². The molecule has 1 fully saturated rings. The fourth-order valence-electron chi connectivity index (χ4n) is 1.19. The number of methoxy groups -OCH3 is 1. The molecule has 0 atom stereocenters. The van der Waals surface area contributed by atoms with Crippen LogP contribution in [0.15, 0.2) is 12.3 Å². The summed E-state index contributed by atoms with van der Waals surface area (Å²) in [6, 6.07) is 0.872. The highest BCUT2D eigenvalue weighted by Gasteiger charge is 2.34. The van der Waals surface area contributed by atoms with Crippen molar-refractivity contribution in [3.05, 3.63) is 18.0 Å². The Hall–Kier alpha value is -1.46. The van der Waals surface area contributed by atoms with Gasteiger partial charge in [0.05, 0.1) is 19.4 Å². The van der Waals surface area contributed by atoms with Gasteiger partial charge in [0.1, 0.15) is 5.69 Å². The van der Waals surface area contributed by atoms with Gasteiger partial charge in [-0.3, -0.25) is 0 Å². The molecular weight excluding hydrogens is 223 g/mol. The monoisotopic (exact) mass is 233 g/mol. The van der Waals surface area contributed by atoms with E-state index < -0.39 is 11.9 Å². The average molecular weight is 233 g/mol. The van der Waals surface area contributed by atoms with Crippen molar-refractivity contribution in [2.75, 3.05) is 7.11 Å². The van der Waals surface area contributed by atoms with E-state index in [1.165, 1.54) is 7.11 Å². The molecular formula is C10H10F3NO2. The van der Waals surface area contributed by atoms with Crippen LogP contribution in [0.5, 0.6) is 11.5 Å². The summed E-state index contributed by atoms with van der Waals surface area (Å²) < 4.78 is 47.4. The fraction of sp³-hybridized carbons (Fsp3) is 0.500. The number of aromatic nitrogens is 1. The van der Waals surface area contributed by atoms with Gasteiger partial charge in [-0.2, -0.15) is 13.2 Å². The van der Waals surface area contributed by atoms with Crippen molar-refractivity contribution >= 4 is 0 Å². The number of rotatable bonds is 3. The molecule has 1 heterocycles. The predicted octanol–water partition coefficient (Wildman–Crippen LogP) is 2.65.